The highest BCUT2D eigenvalue weighted by atomic mass is 32.2. The minimum atomic E-state index is -3.60. The molecule has 5 rings (SSSR count). The topological polar surface area (TPSA) is 89.0 Å². The van der Waals surface area contributed by atoms with Gasteiger partial charge in [-0.3, -0.25) is 9.69 Å². The van der Waals surface area contributed by atoms with Crippen molar-refractivity contribution in [2.24, 2.45) is 0 Å². The summed E-state index contributed by atoms with van der Waals surface area (Å²) in [7, 11) is -1.99. The number of sulfonamides is 1. The number of hydrogen-bond donors (Lipinski definition) is 0. The molecule has 2 unspecified atom stereocenters. The summed E-state index contributed by atoms with van der Waals surface area (Å²) in [5.41, 5.74) is 1.17. The summed E-state index contributed by atoms with van der Waals surface area (Å²) in [6, 6.07) is 11.9. The van der Waals surface area contributed by atoms with Crippen molar-refractivity contribution in [2.75, 3.05) is 31.7 Å². The van der Waals surface area contributed by atoms with Crippen molar-refractivity contribution in [1.82, 2.24) is 9.29 Å². The number of ether oxygens (including phenoxy) is 2. The van der Waals surface area contributed by atoms with Gasteiger partial charge in [0.25, 0.3) is 5.91 Å². The fourth-order valence-electron chi connectivity index (χ4n) is 4.87. The smallest absolute Gasteiger partial charge is 0.260 e. The van der Waals surface area contributed by atoms with Crippen molar-refractivity contribution in [2.45, 2.75) is 56.1 Å². The van der Waals surface area contributed by atoms with Crippen molar-refractivity contribution in [3.63, 3.8) is 0 Å². The van der Waals surface area contributed by atoms with E-state index in [1.165, 1.54) is 23.5 Å². The second-order valence-electron chi connectivity index (χ2n) is 9.37. The molecular formula is C26H31N3O5S2. The number of hydrogen-bond acceptors (Lipinski definition) is 7. The third kappa shape index (κ3) is 5.00. The van der Waals surface area contributed by atoms with Crippen LogP contribution in [-0.4, -0.2) is 62.6 Å². The van der Waals surface area contributed by atoms with Gasteiger partial charge in [-0.2, -0.15) is 4.31 Å². The monoisotopic (exact) mass is 529 g/mol. The molecule has 0 radical (unpaired) electrons. The molecular weight excluding hydrogens is 498 g/mol. The van der Waals surface area contributed by atoms with Crippen LogP contribution in [0.2, 0.25) is 0 Å². The molecule has 0 aliphatic carbocycles. The molecule has 192 valence electrons. The Bertz CT molecular complexity index is 1330. The van der Waals surface area contributed by atoms with Gasteiger partial charge in [0, 0.05) is 30.8 Å². The number of rotatable bonds is 7. The molecule has 3 heterocycles. The summed E-state index contributed by atoms with van der Waals surface area (Å²) >= 11 is 1.44. The molecule has 2 aliphatic rings. The molecule has 0 N–H and O–H groups in total. The van der Waals surface area contributed by atoms with Crippen LogP contribution in [0.4, 0.5) is 5.13 Å². The first kappa shape index (κ1) is 25.1. The van der Waals surface area contributed by atoms with Crippen LogP contribution in [-0.2, 0) is 14.8 Å². The van der Waals surface area contributed by atoms with Crippen LogP contribution < -0.4 is 9.64 Å². The summed E-state index contributed by atoms with van der Waals surface area (Å²) < 4.78 is 40.1. The molecule has 0 bridgehead atoms. The molecule has 2 aromatic carbocycles. The Morgan fingerprint density at radius 3 is 2.67 bits per heavy atom. The van der Waals surface area contributed by atoms with E-state index < -0.39 is 10.0 Å². The number of carbonyl (C=O) groups excluding carboxylic acids is 1. The van der Waals surface area contributed by atoms with E-state index in [0.717, 1.165) is 42.3 Å². The van der Waals surface area contributed by atoms with E-state index in [4.69, 9.17) is 14.5 Å². The molecule has 3 aromatic rings. The van der Waals surface area contributed by atoms with Gasteiger partial charge in [-0.25, -0.2) is 13.4 Å². The highest BCUT2D eigenvalue weighted by Gasteiger charge is 2.32. The maximum Gasteiger partial charge on any atom is 0.260 e. The highest BCUT2D eigenvalue weighted by Crippen LogP contribution is 2.33. The van der Waals surface area contributed by atoms with E-state index in [1.807, 2.05) is 25.1 Å². The van der Waals surface area contributed by atoms with Crippen molar-refractivity contribution in [3.8, 4) is 5.75 Å². The Morgan fingerprint density at radius 1 is 1.17 bits per heavy atom. The van der Waals surface area contributed by atoms with Gasteiger partial charge in [0.05, 0.1) is 34.9 Å². The molecule has 1 aromatic heterocycles. The number of benzene rings is 2. The molecule has 2 fully saturated rings. The zero-order valence-corrected chi connectivity index (χ0v) is 22.2. The van der Waals surface area contributed by atoms with Crippen LogP contribution in [0.1, 0.15) is 49.4 Å². The molecule has 36 heavy (non-hydrogen) atoms. The number of fused-ring (bicyclic) bond motifs is 1. The zero-order chi connectivity index (χ0) is 25.3. The highest BCUT2D eigenvalue weighted by molar-refractivity contribution is 7.89. The first-order chi connectivity index (χ1) is 17.4. The molecule has 10 heteroatoms. The van der Waals surface area contributed by atoms with Crippen LogP contribution >= 0.6 is 11.3 Å². The number of aromatic nitrogens is 1. The SMILES string of the molecule is COc1ccc2sc(N(CC3CCCO3)C(=O)c3ccc(S(=O)(=O)N4CCCCC4C)cc3)nc2c1. The fraction of sp³-hybridized carbons (Fsp3) is 0.462. The van der Waals surface area contributed by atoms with Crippen LogP contribution in [0.3, 0.4) is 0 Å². The standard InChI is InChI=1S/C26H31N3O5S2/c1-18-6-3-4-14-29(18)36(31,32)22-11-8-19(9-12-22)25(30)28(17-21-7-5-15-34-21)26-27-23-16-20(33-2)10-13-24(23)35-26/h8-13,16,18,21H,3-7,14-15,17H2,1-2H3. The molecule has 2 saturated heterocycles. The van der Waals surface area contributed by atoms with Gasteiger partial charge >= 0.3 is 0 Å². The summed E-state index contributed by atoms with van der Waals surface area (Å²) in [5, 5.41) is 0.581. The second-order valence-corrected chi connectivity index (χ2v) is 12.3. The number of nitrogens with zero attached hydrogens (tertiary/aromatic N) is 3. The third-order valence-electron chi connectivity index (χ3n) is 6.92. The van der Waals surface area contributed by atoms with Gasteiger partial charge in [-0.1, -0.05) is 17.8 Å². The average Bonchev–Trinajstić information content (AvgIpc) is 3.56. The molecule has 0 saturated carbocycles. The molecule has 8 nitrogen and oxygen atoms in total. The maximum absolute atomic E-state index is 13.7. The lowest BCUT2D eigenvalue weighted by Crippen LogP contribution is -2.42. The summed E-state index contributed by atoms with van der Waals surface area (Å²) in [5.74, 6) is 0.475. The van der Waals surface area contributed by atoms with E-state index in [0.29, 0.717) is 36.1 Å². The Hall–Kier alpha value is -2.53. The fourth-order valence-corrected chi connectivity index (χ4v) is 7.52. The lowest BCUT2D eigenvalue weighted by atomic mass is 10.1. The quantitative estimate of drug-likeness (QED) is 0.441. The summed E-state index contributed by atoms with van der Waals surface area (Å²) in [4.78, 5) is 20.3. The summed E-state index contributed by atoms with van der Waals surface area (Å²) in [6.07, 6.45) is 4.56. The number of methoxy groups -OCH3 is 1. The maximum atomic E-state index is 13.7. The van der Waals surface area contributed by atoms with Crippen LogP contribution in [0.25, 0.3) is 10.2 Å². The van der Waals surface area contributed by atoms with Gasteiger partial charge < -0.3 is 9.47 Å². The Balaban J connectivity index is 1.43. The zero-order valence-electron chi connectivity index (χ0n) is 20.6. The first-order valence-corrected chi connectivity index (χ1v) is 14.6. The van der Waals surface area contributed by atoms with Gasteiger partial charge in [0.15, 0.2) is 5.13 Å². The Morgan fingerprint density at radius 2 is 1.97 bits per heavy atom. The van der Waals surface area contributed by atoms with Gasteiger partial charge in [-0.15, -0.1) is 0 Å². The first-order valence-electron chi connectivity index (χ1n) is 12.4. The number of anilines is 1. The van der Waals surface area contributed by atoms with Crippen molar-refractivity contribution in [3.05, 3.63) is 48.0 Å². The van der Waals surface area contributed by atoms with Crippen molar-refractivity contribution < 1.29 is 22.7 Å². The Labute approximate surface area is 215 Å². The third-order valence-corrected chi connectivity index (χ3v) is 10.0. The van der Waals surface area contributed by atoms with E-state index >= 15 is 0 Å². The molecule has 2 atom stereocenters. The second kappa shape index (κ2) is 10.5. The predicted octanol–water partition coefficient (Wildman–Crippen LogP) is 4.69. The lowest BCUT2D eigenvalue weighted by molar-refractivity contribution is 0.0917. The van der Waals surface area contributed by atoms with E-state index in [9.17, 15) is 13.2 Å². The van der Waals surface area contributed by atoms with Crippen molar-refractivity contribution in [1.29, 1.82) is 0 Å². The van der Waals surface area contributed by atoms with Gasteiger partial charge in [0.2, 0.25) is 10.0 Å². The van der Waals surface area contributed by atoms with E-state index in [-0.39, 0.29) is 22.9 Å². The lowest BCUT2D eigenvalue weighted by Gasteiger charge is -2.32. The normalized spacial score (nSPS) is 21.1. The average molecular weight is 530 g/mol. The van der Waals surface area contributed by atoms with Crippen molar-refractivity contribution >= 4 is 42.6 Å². The molecule has 0 spiro atoms. The summed E-state index contributed by atoms with van der Waals surface area (Å²) in [6.45, 7) is 3.55. The Kier molecular flexibility index (Phi) is 7.30. The number of amides is 1. The van der Waals surface area contributed by atoms with Crippen LogP contribution in [0.15, 0.2) is 47.4 Å². The number of thiazole rings is 1. The van der Waals surface area contributed by atoms with E-state index in [1.54, 1.807) is 28.4 Å². The minimum absolute atomic E-state index is 0.0235. The number of piperidine rings is 1. The van der Waals surface area contributed by atoms with E-state index in [2.05, 4.69) is 0 Å². The minimum Gasteiger partial charge on any atom is -0.497 e. The van der Waals surface area contributed by atoms with Crippen LogP contribution in [0, 0.1) is 0 Å². The van der Waals surface area contributed by atoms with Gasteiger partial charge in [0.1, 0.15) is 5.75 Å². The molecule has 2 aliphatic heterocycles. The van der Waals surface area contributed by atoms with Crippen LogP contribution in [0.5, 0.6) is 5.75 Å². The molecule has 1 amide bonds. The largest absolute Gasteiger partial charge is 0.497 e. The predicted molar refractivity (Wildman–Crippen MR) is 140 cm³/mol. The number of carbonyl (C=O) groups is 1. The van der Waals surface area contributed by atoms with Gasteiger partial charge in [-0.05, 0) is 69.0 Å².